The standard InChI is InChI=1S/C33H32NO2P/c1-2-15-28-24-25-34(28)32(33(35)36-26-27-16-7-3-8-17-27)37(29-18-9-4-10-19-29,30-20-11-5-12-21-30)31-22-13-6-14-23-31/h2-14,16-23,28H,1,15,24-26H2. The van der Waals surface area contributed by atoms with E-state index in [-0.39, 0.29) is 18.6 Å². The van der Waals surface area contributed by atoms with Crippen LogP contribution in [0, 0.1) is 0 Å². The lowest BCUT2D eigenvalue weighted by molar-refractivity contribution is -0.137. The number of nitrogens with zero attached hydrogens (tertiary/aromatic N) is 1. The highest BCUT2D eigenvalue weighted by Gasteiger charge is 2.42. The molecule has 0 radical (unpaired) electrons. The van der Waals surface area contributed by atoms with Crippen LogP contribution < -0.4 is 15.9 Å². The summed E-state index contributed by atoms with van der Waals surface area (Å²) in [4.78, 5) is 16.7. The maximum atomic E-state index is 14.4. The maximum absolute atomic E-state index is 14.4. The molecule has 1 heterocycles. The Hall–Kier alpha value is -3.65. The minimum atomic E-state index is -2.59. The smallest absolute Gasteiger partial charge is 0.350 e. The van der Waals surface area contributed by atoms with Crippen molar-refractivity contribution in [1.82, 2.24) is 4.90 Å². The van der Waals surface area contributed by atoms with Gasteiger partial charge in [0.1, 0.15) is 12.0 Å². The number of rotatable bonds is 9. The molecule has 0 spiro atoms. The van der Waals surface area contributed by atoms with Crippen LogP contribution in [0.1, 0.15) is 18.4 Å². The second-order valence-corrected chi connectivity index (χ2v) is 12.5. The first-order chi connectivity index (χ1) is 18.2. The van der Waals surface area contributed by atoms with Crippen LogP contribution in [0.2, 0.25) is 0 Å². The van der Waals surface area contributed by atoms with Gasteiger partial charge in [-0.3, -0.25) is 4.90 Å². The quantitative estimate of drug-likeness (QED) is 0.171. The molecule has 3 nitrogen and oxygen atoms in total. The van der Waals surface area contributed by atoms with Crippen molar-refractivity contribution in [3.63, 3.8) is 0 Å². The van der Waals surface area contributed by atoms with E-state index in [9.17, 15) is 4.79 Å². The minimum Gasteiger partial charge on any atom is -0.456 e. The maximum Gasteiger partial charge on any atom is 0.350 e. The summed E-state index contributed by atoms with van der Waals surface area (Å²) in [5.74, 6) is -0.248. The van der Waals surface area contributed by atoms with Gasteiger partial charge in [0.05, 0.1) is 0 Å². The monoisotopic (exact) mass is 505 g/mol. The van der Waals surface area contributed by atoms with Crippen LogP contribution in [0.3, 0.4) is 0 Å². The van der Waals surface area contributed by atoms with Gasteiger partial charge < -0.3 is 4.74 Å². The van der Waals surface area contributed by atoms with Gasteiger partial charge in [0.2, 0.25) is 0 Å². The highest BCUT2D eigenvalue weighted by Crippen LogP contribution is 2.48. The Morgan fingerprint density at radius 1 is 0.784 bits per heavy atom. The fourth-order valence-corrected chi connectivity index (χ4v) is 9.63. The Morgan fingerprint density at radius 3 is 1.65 bits per heavy atom. The van der Waals surface area contributed by atoms with Gasteiger partial charge in [0.15, 0.2) is 0 Å². The van der Waals surface area contributed by atoms with E-state index in [4.69, 9.17) is 4.74 Å². The predicted octanol–water partition coefficient (Wildman–Crippen LogP) is 5.50. The van der Waals surface area contributed by atoms with Crippen molar-refractivity contribution < 1.29 is 9.53 Å². The lowest BCUT2D eigenvalue weighted by atomic mass is 10.00. The molecule has 4 aromatic carbocycles. The average molecular weight is 506 g/mol. The fraction of sp³-hybridized carbons (Fsp3) is 0.152. The lowest BCUT2D eigenvalue weighted by Gasteiger charge is -2.45. The fourth-order valence-electron chi connectivity index (χ4n) is 5.16. The van der Waals surface area contributed by atoms with Crippen molar-refractivity contribution >= 4 is 34.2 Å². The molecule has 4 aromatic rings. The van der Waals surface area contributed by atoms with Crippen molar-refractivity contribution in [2.24, 2.45) is 0 Å². The van der Waals surface area contributed by atoms with Crippen molar-refractivity contribution in [2.45, 2.75) is 25.5 Å². The summed E-state index contributed by atoms with van der Waals surface area (Å²) in [6.07, 6.45) is 3.81. The SMILES string of the molecule is C=CCC1CCN1C(C(=O)OCc1ccccc1)=P(c1ccccc1)(c1ccccc1)c1ccccc1. The van der Waals surface area contributed by atoms with Crippen LogP contribution in [0.25, 0.3) is 0 Å². The van der Waals surface area contributed by atoms with Gasteiger partial charge in [-0.25, -0.2) is 4.79 Å². The molecular formula is C33H32NO2P. The first-order valence-electron chi connectivity index (χ1n) is 12.8. The highest BCUT2D eigenvalue weighted by atomic mass is 31.2. The molecule has 186 valence electrons. The van der Waals surface area contributed by atoms with E-state index in [2.05, 4.69) is 84.3 Å². The Balaban J connectivity index is 1.82. The average Bonchev–Trinajstić information content (AvgIpc) is 2.96. The lowest BCUT2D eigenvalue weighted by Crippen LogP contribution is -2.56. The van der Waals surface area contributed by atoms with Crippen LogP contribution in [-0.4, -0.2) is 28.9 Å². The molecular weight excluding hydrogens is 473 g/mol. The Bertz CT molecular complexity index is 1280. The number of likely N-dealkylation sites (tertiary alicyclic amines) is 1. The number of carbonyl (C=O) groups is 1. The normalized spacial score (nSPS) is 15.4. The van der Waals surface area contributed by atoms with Gasteiger partial charge in [-0.05, 0) is 34.3 Å². The summed E-state index contributed by atoms with van der Waals surface area (Å²) < 4.78 is 6.13. The van der Waals surface area contributed by atoms with Crippen LogP contribution in [0.15, 0.2) is 134 Å². The molecule has 1 fully saturated rings. The zero-order valence-electron chi connectivity index (χ0n) is 20.9. The van der Waals surface area contributed by atoms with Crippen LogP contribution in [0.4, 0.5) is 0 Å². The minimum absolute atomic E-state index is 0.229. The number of esters is 1. The summed E-state index contributed by atoms with van der Waals surface area (Å²) in [7, 11) is 0. The molecule has 1 aliphatic heterocycles. The zero-order chi connectivity index (χ0) is 25.5. The van der Waals surface area contributed by atoms with E-state index in [1.54, 1.807) is 0 Å². The van der Waals surface area contributed by atoms with E-state index in [1.807, 2.05) is 54.6 Å². The van der Waals surface area contributed by atoms with Crippen LogP contribution in [0.5, 0.6) is 0 Å². The molecule has 0 bridgehead atoms. The second-order valence-electron chi connectivity index (χ2n) is 9.22. The molecule has 0 amide bonds. The summed E-state index contributed by atoms with van der Waals surface area (Å²) >= 11 is 0. The topological polar surface area (TPSA) is 29.5 Å². The molecule has 37 heavy (non-hydrogen) atoms. The van der Waals surface area contributed by atoms with Gasteiger partial charge in [-0.2, -0.15) is 0 Å². The number of ether oxygens (including phenoxy) is 1. The van der Waals surface area contributed by atoms with E-state index in [0.717, 1.165) is 46.3 Å². The largest absolute Gasteiger partial charge is 0.456 e. The Kier molecular flexibility index (Phi) is 7.84. The van der Waals surface area contributed by atoms with Gasteiger partial charge >= 0.3 is 5.97 Å². The van der Waals surface area contributed by atoms with Gasteiger partial charge in [0.25, 0.3) is 0 Å². The van der Waals surface area contributed by atoms with Crippen molar-refractivity contribution in [1.29, 1.82) is 0 Å². The number of hydrogen-bond donors (Lipinski definition) is 0. The predicted molar refractivity (Wildman–Crippen MR) is 156 cm³/mol. The number of carbonyl (C=O) groups excluding carboxylic acids is 1. The molecule has 1 unspecified atom stereocenters. The van der Waals surface area contributed by atoms with Crippen molar-refractivity contribution in [3.05, 3.63) is 140 Å². The van der Waals surface area contributed by atoms with Gasteiger partial charge in [-0.1, -0.05) is 127 Å². The van der Waals surface area contributed by atoms with Crippen molar-refractivity contribution in [3.8, 4) is 0 Å². The van der Waals surface area contributed by atoms with Crippen molar-refractivity contribution in [2.75, 3.05) is 6.54 Å². The van der Waals surface area contributed by atoms with E-state index < -0.39 is 6.89 Å². The summed E-state index contributed by atoms with van der Waals surface area (Å²) in [5, 5.41) is 3.43. The molecule has 0 saturated carbocycles. The van der Waals surface area contributed by atoms with E-state index in [0.29, 0.717) is 0 Å². The summed E-state index contributed by atoms with van der Waals surface area (Å²) in [6, 6.07) is 41.6. The third kappa shape index (κ3) is 4.98. The molecule has 1 saturated heterocycles. The molecule has 1 aliphatic rings. The van der Waals surface area contributed by atoms with Gasteiger partial charge in [-0.15, -0.1) is 6.58 Å². The number of hydrogen-bond acceptors (Lipinski definition) is 2. The summed E-state index contributed by atoms with van der Waals surface area (Å²) in [6.45, 7) is 2.46. The summed E-state index contributed by atoms with van der Waals surface area (Å²) in [5.41, 5.74) is 1.75. The first kappa shape index (κ1) is 25.0. The zero-order valence-corrected chi connectivity index (χ0v) is 21.8. The Morgan fingerprint density at radius 2 is 1.24 bits per heavy atom. The molecule has 4 heteroatoms. The third-order valence-corrected chi connectivity index (χ3v) is 11.3. The molecule has 5 rings (SSSR count). The van der Waals surface area contributed by atoms with E-state index >= 15 is 0 Å². The first-order valence-corrected chi connectivity index (χ1v) is 14.6. The third-order valence-electron chi connectivity index (χ3n) is 7.00. The van der Waals surface area contributed by atoms with Crippen LogP contribution in [-0.2, 0) is 16.1 Å². The van der Waals surface area contributed by atoms with Gasteiger partial charge in [0, 0.05) is 19.5 Å². The molecule has 0 aromatic heterocycles. The molecule has 1 atom stereocenters. The van der Waals surface area contributed by atoms with Crippen LogP contribution >= 0.6 is 6.89 Å². The highest BCUT2D eigenvalue weighted by molar-refractivity contribution is 7.96. The second kappa shape index (κ2) is 11.6. The molecule has 0 N–H and O–H groups in total. The molecule has 0 aliphatic carbocycles. The number of benzene rings is 4. The Labute approximate surface area is 220 Å². The van der Waals surface area contributed by atoms with E-state index in [1.165, 1.54) is 0 Å².